The predicted molar refractivity (Wildman–Crippen MR) is 101 cm³/mol. The molecule has 140 valence electrons. The maximum absolute atomic E-state index is 12.6. The third-order valence-corrected chi connectivity index (χ3v) is 4.35. The molecule has 1 atom stereocenters. The molecule has 1 aliphatic rings. The van der Waals surface area contributed by atoms with Crippen molar-refractivity contribution in [2.75, 3.05) is 18.5 Å². The molecule has 2 aromatic rings. The summed E-state index contributed by atoms with van der Waals surface area (Å²) < 4.78 is 5.38. The summed E-state index contributed by atoms with van der Waals surface area (Å²) in [5, 5.41) is 2.72. The van der Waals surface area contributed by atoms with Crippen LogP contribution in [0.2, 0.25) is 0 Å². The molecule has 27 heavy (non-hydrogen) atoms. The van der Waals surface area contributed by atoms with Crippen LogP contribution in [0.4, 0.5) is 5.69 Å². The molecule has 7 nitrogen and oxygen atoms in total. The number of amides is 3. The van der Waals surface area contributed by atoms with E-state index >= 15 is 0 Å². The van der Waals surface area contributed by atoms with Crippen LogP contribution in [0.5, 0.6) is 5.75 Å². The number of benzene rings is 2. The van der Waals surface area contributed by atoms with E-state index in [1.165, 1.54) is 6.92 Å². The molecule has 0 saturated heterocycles. The third-order valence-electron chi connectivity index (χ3n) is 4.35. The van der Waals surface area contributed by atoms with Crippen LogP contribution in [-0.4, -0.2) is 41.8 Å². The highest BCUT2D eigenvalue weighted by Gasteiger charge is 2.40. The lowest BCUT2D eigenvalue weighted by atomic mass is 10.1. The van der Waals surface area contributed by atoms with E-state index in [9.17, 15) is 14.4 Å². The number of carbonyl (C=O) groups excluding carboxylic acids is 3. The third kappa shape index (κ3) is 3.68. The Bertz CT molecular complexity index is 893. The molecule has 1 aliphatic heterocycles. The van der Waals surface area contributed by atoms with Gasteiger partial charge in [-0.25, -0.2) is 0 Å². The zero-order chi connectivity index (χ0) is 19.6. The van der Waals surface area contributed by atoms with E-state index in [4.69, 9.17) is 10.5 Å². The van der Waals surface area contributed by atoms with Gasteiger partial charge in [-0.2, -0.15) is 0 Å². The molecule has 7 heteroatoms. The van der Waals surface area contributed by atoms with Crippen LogP contribution < -0.4 is 15.8 Å². The molecule has 0 aliphatic carbocycles. The Balaban J connectivity index is 1.71. The first-order valence-electron chi connectivity index (χ1n) is 8.64. The average Bonchev–Trinajstić information content (AvgIpc) is 2.90. The molecule has 0 radical (unpaired) electrons. The Labute approximate surface area is 157 Å². The van der Waals surface area contributed by atoms with Gasteiger partial charge < -0.3 is 15.8 Å². The Morgan fingerprint density at radius 2 is 1.78 bits per heavy atom. The summed E-state index contributed by atoms with van der Waals surface area (Å²) in [7, 11) is 0. The van der Waals surface area contributed by atoms with Crippen LogP contribution in [0.1, 0.15) is 33.2 Å². The molecule has 0 fully saturated rings. The summed E-state index contributed by atoms with van der Waals surface area (Å²) in [4.78, 5) is 38.7. The molecule has 3 N–H and O–H groups in total. The van der Waals surface area contributed by atoms with Crippen LogP contribution in [0.3, 0.4) is 0 Å². The molecule has 0 aromatic heterocycles. The van der Waals surface area contributed by atoms with E-state index in [2.05, 4.69) is 5.32 Å². The first-order valence-corrected chi connectivity index (χ1v) is 8.64. The topological polar surface area (TPSA) is 102 Å². The van der Waals surface area contributed by atoms with E-state index < -0.39 is 23.8 Å². The minimum Gasteiger partial charge on any atom is -0.492 e. The molecule has 3 rings (SSSR count). The largest absolute Gasteiger partial charge is 0.492 e. The van der Waals surface area contributed by atoms with Gasteiger partial charge in [0.05, 0.1) is 11.1 Å². The van der Waals surface area contributed by atoms with E-state index in [0.29, 0.717) is 35.7 Å². The molecule has 3 amide bonds. The number of nitrogens with one attached hydrogen (secondary N) is 1. The van der Waals surface area contributed by atoms with Gasteiger partial charge in [-0.15, -0.1) is 0 Å². The van der Waals surface area contributed by atoms with Crippen LogP contribution in [-0.2, 0) is 4.79 Å². The Morgan fingerprint density at radius 3 is 2.44 bits per heavy atom. The minimum atomic E-state index is -0.939. The van der Waals surface area contributed by atoms with E-state index in [0.717, 1.165) is 10.5 Å². The van der Waals surface area contributed by atoms with Crippen LogP contribution >= 0.6 is 0 Å². The van der Waals surface area contributed by atoms with Gasteiger partial charge in [0.25, 0.3) is 11.8 Å². The first kappa shape index (κ1) is 18.6. The Hall–Kier alpha value is -3.19. The van der Waals surface area contributed by atoms with E-state index in [1.807, 2.05) is 6.92 Å². The lowest BCUT2D eigenvalue weighted by molar-refractivity contribution is -0.119. The van der Waals surface area contributed by atoms with Crippen LogP contribution in [0.15, 0.2) is 42.5 Å². The second-order valence-electron chi connectivity index (χ2n) is 6.36. The quantitative estimate of drug-likeness (QED) is 0.760. The molecule has 1 heterocycles. The van der Waals surface area contributed by atoms with Gasteiger partial charge in [0.15, 0.2) is 0 Å². The number of nitrogens with two attached hydrogens (primary N) is 1. The molecule has 0 bridgehead atoms. The molecule has 0 saturated carbocycles. The first-order chi connectivity index (χ1) is 12.9. The summed E-state index contributed by atoms with van der Waals surface area (Å²) in [6.45, 7) is 4.19. The maximum atomic E-state index is 12.6. The summed E-state index contributed by atoms with van der Waals surface area (Å²) in [6.07, 6.45) is 0. The number of imide groups is 1. The van der Waals surface area contributed by atoms with Crippen LogP contribution in [0, 0.1) is 6.92 Å². The fourth-order valence-corrected chi connectivity index (χ4v) is 2.90. The fourth-order valence-electron chi connectivity index (χ4n) is 2.90. The summed E-state index contributed by atoms with van der Waals surface area (Å²) >= 11 is 0. The molecule has 0 spiro atoms. The number of hydrogen-bond donors (Lipinski definition) is 2. The van der Waals surface area contributed by atoms with Gasteiger partial charge in [-0.1, -0.05) is 11.6 Å². The standard InChI is InChI=1S/C20H21N3O4/c1-12-3-8-16-17(11-12)20(26)23(19(16)25)13(2)18(24)22-14-4-6-15(7-5-14)27-10-9-21/h3-8,11,13H,9-10,21H2,1-2H3,(H,22,24). The Kier molecular flexibility index (Phi) is 5.23. The summed E-state index contributed by atoms with van der Waals surface area (Å²) in [6, 6.07) is 10.9. The van der Waals surface area contributed by atoms with Crippen molar-refractivity contribution < 1.29 is 19.1 Å². The molecule has 1 unspecified atom stereocenters. The maximum Gasteiger partial charge on any atom is 0.262 e. The van der Waals surface area contributed by atoms with Gasteiger partial charge in [0, 0.05) is 12.2 Å². The number of rotatable bonds is 6. The number of aryl methyl sites for hydroxylation is 1. The zero-order valence-corrected chi connectivity index (χ0v) is 15.2. The van der Waals surface area contributed by atoms with Crippen LogP contribution in [0.25, 0.3) is 0 Å². The summed E-state index contributed by atoms with van der Waals surface area (Å²) in [5.41, 5.74) is 7.47. The Morgan fingerprint density at radius 1 is 1.11 bits per heavy atom. The number of ether oxygens (including phenoxy) is 1. The SMILES string of the molecule is Cc1ccc2c(c1)C(=O)N(C(C)C(=O)Nc1ccc(OCCN)cc1)C2=O. The zero-order valence-electron chi connectivity index (χ0n) is 15.2. The predicted octanol–water partition coefficient (Wildman–Crippen LogP) is 1.96. The number of nitrogens with zero attached hydrogens (tertiary/aromatic N) is 1. The van der Waals surface area contributed by atoms with E-state index in [1.54, 1.807) is 42.5 Å². The minimum absolute atomic E-state index is 0.326. The smallest absolute Gasteiger partial charge is 0.262 e. The second-order valence-corrected chi connectivity index (χ2v) is 6.36. The number of fused-ring (bicyclic) bond motifs is 1. The van der Waals surface area contributed by atoms with Crippen molar-refractivity contribution in [1.29, 1.82) is 0 Å². The lowest BCUT2D eigenvalue weighted by Crippen LogP contribution is -2.45. The second kappa shape index (κ2) is 7.59. The molecular formula is C20H21N3O4. The van der Waals surface area contributed by atoms with Gasteiger partial charge >= 0.3 is 0 Å². The van der Waals surface area contributed by atoms with Gasteiger partial charge in [0.1, 0.15) is 18.4 Å². The van der Waals surface area contributed by atoms with Gasteiger partial charge in [-0.3, -0.25) is 19.3 Å². The van der Waals surface area contributed by atoms with Crippen molar-refractivity contribution in [2.45, 2.75) is 19.9 Å². The van der Waals surface area contributed by atoms with Crippen molar-refractivity contribution in [3.05, 3.63) is 59.2 Å². The number of anilines is 1. The van der Waals surface area contributed by atoms with Crippen molar-refractivity contribution in [2.24, 2.45) is 5.73 Å². The lowest BCUT2D eigenvalue weighted by Gasteiger charge is -2.21. The average molecular weight is 367 g/mol. The highest BCUT2D eigenvalue weighted by Crippen LogP contribution is 2.26. The van der Waals surface area contributed by atoms with Crippen molar-refractivity contribution >= 4 is 23.4 Å². The number of carbonyl (C=O) groups is 3. The number of hydrogen-bond acceptors (Lipinski definition) is 5. The van der Waals surface area contributed by atoms with Crippen molar-refractivity contribution in [3.8, 4) is 5.75 Å². The van der Waals surface area contributed by atoms with Crippen molar-refractivity contribution in [1.82, 2.24) is 4.90 Å². The van der Waals surface area contributed by atoms with Gasteiger partial charge in [-0.05, 0) is 50.2 Å². The highest BCUT2D eigenvalue weighted by molar-refractivity contribution is 6.23. The monoisotopic (exact) mass is 367 g/mol. The van der Waals surface area contributed by atoms with Crippen molar-refractivity contribution in [3.63, 3.8) is 0 Å². The highest BCUT2D eigenvalue weighted by atomic mass is 16.5. The fraction of sp³-hybridized carbons (Fsp3) is 0.250. The van der Waals surface area contributed by atoms with Gasteiger partial charge in [0.2, 0.25) is 5.91 Å². The summed E-state index contributed by atoms with van der Waals surface area (Å²) in [5.74, 6) is -0.714. The van der Waals surface area contributed by atoms with E-state index in [-0.39, 0.29) is 0 Å². The normalized spacial score (nSPS) is 14.1. The molecule has 2 aromatic carbocycles. The molecular weight excluding hydrogens is 346 g/mol.